The molecule has 0 bridgehead atoms. The zero-order valence-electron chi connectivity index (χ0n) is 17.4. The number of nitrogens with two attached hydrogens (primary N) is 1. The number of pyridine rings is 1. The summed E-state index contributed by atoms with van der Waals surface area (Å²) in [5, 5.41) is 0.987. The van der Waals surface area contributed by atoms with E-state index in [0.717, 1.165) is 22.5 Å². The molecule has 2 N–H and O–H groups in total. The first-order chi connectivity index (χ1) is 15.6. The average molecular weight is 425 g/mol. The van der Waals surface area contributed by atoms with Crippen molar-refractivity contribution in [2.45, 2.75) is 6.92 Å². The second-order valence-electron chi connectivity index (χ2n) is 7.37. The molecule has 5 aromatic rings. The minimum atomic E-state index is -0.600. The summed E-state index contributed by atoms with van der Waals surface area (Å²) in [6, 6.07) is 23.8. The van der Waals surface area contributed by atoms with Gasteiger partial charge in [-0.15, -0.1) is 0 Å². The topological polar surface area (TPSA) is 69.6 Å². The molecule has 0 fully saturated rings. The fraction of sp³-hybridized carbons (Fsp3) is 0.0769. The number of carbonyl (C=O) groups excluding carboxylic acids is 1. The molecular weight excluding hydrogens is 405 g/mol. The van der Waals surface area contributed by atoms with Crippen molar-refractivity contribution in [3.63, 3.8) is 0 Å². The highest BCUT2D eigenvalue weighted by Crippen LogP contribution is 2.39. The van der Waals surface area contributed by atoms with Crippen LogP contribution in [0.4, 0.5) is 10.2 Å². The third-order valence-electron chi connectivity index (χ3n) is 5.44. The van der Waals surface area contributed by atoms with E-state index >= 15 is 0 Å². The maximum Gasteiger partial charge on any atom is 0.342 e. The summed E-state index contributed by atoms with van der Waals surface area (Å²) in [6.45, 7) is 1.90. The minimum Gasteiger partial charge on any atom is -0.462 e. The fourth-order valence-electron chi connectivity index (χ4n) is 4.08. The Morgan fingerprint density at radius 2 is 1.62 bits per heavy atom. The van der Waals surface area contributed by atoms with Crippen molar-refractivity contribution >= 4 is 28.2 Å². The summed E-state index contributed by atoms with van der Waals surface area (Å²) >= 11 is 0. The fourth-order valence-corrected chi connectivity index (χ4v) is 4.08. The summed E-state index contributed by atoms with van der Waals surface area (Å²) in [4.78, 5) is 17.8. The van der Waals surface area contributed by atoms with Gasteiger partial charge in [0.1, 0.15) is 22.8 Å². The average Bonchev–Trinajstić information content (AvgIpc) is 3.21. The first-order valence-electron chi connectivity index (χ1n) is 10.3. The number of halogens is 1. The van der Waals surface area contributed by atoms with E-state index in [2.05, 4.69) is 0 Å². The van der Waals surface area contributed by atoms with E-state index < -0.39 is 11.8 Å². The van der Waals surface area contributed by atoms with E-state index in [1.165, 1.54) is 12.1 Å². The third kappa shape index (κ3) is 3.08. The van der Waals surface area contributed by atoms with Crippen LogP contribution in [0.1, 0.15) is 17.3 Å². The van der Waals surface area contributed by atoms with Crippen molar-refractivity contribution in [3.8, 4) is 22.5 Å². The monoisotopic (exact) mass is 425 g/mol. The molecule has 0 aliphatic carbocycles. The number of imidazole rings is 1. The van der Waals surface area contributed by atoms with Gasteiger partial charge in [-0.3, -0.25) is 4.40 Å². The highest BCUT2D eigenvalue weighted by molar-refractivity contribution is 6.13. The maximum absolute atomic E-state index is 14.2. The predicted molar refractivity (Wildman–Crippen MR) is 124 cm³/mol. The van der Waals surface area contributed by atoms with Gasteiger partial charge in [-0.25, -0.2) is 14.2 Å². The number of rotatable bonds is 4. The second-order valence-corrected chi connectivity index (χ2v) is 7.37. The second kappa shape index (κ2) is 7.81. The molecule has 0 radical (unpaired) electrons. The van der Waals surface area contributed by atoms with E-state index in [-0.39, 0.29) is 18.0 Å². The highest BCUT2D eigenvalue weighted by atomic mass is 19.1. The maximum atomic E-state index is 14.2. The van der Waals surface area contributed by atoms with Gasteiger partial charge in [0.15, 0.2) is 0 Å². The van der Waals surface area contributed by atoms with Crippen LogP contribution in [0.2, 0.25) is 0 Å². The van der Waals surface area contributed by atoms with Crippen molar-refractivity contribution in [1.82, 2.24) is 9.38 Å². The van der Waals surface area contributed by atoms with Crippen molar-refractivity contribution in [2.24, 2.45) is 0 Å². The van der Waals surface area contributed by atoms with Gasteiger partial charge in [-0.1, -0.05) is 60.7 Å². The smallest absolute Gasteiger partial charge is 0.342 e. The van der Waals surface area contributed by atoms with E-state index in [0.29, 0.717) is 16.4 Å². The number of carbonyl (C=O) groups is 1. The van der Waals surface area contributed by atoms with Crippen LogP contribution in [-0.4, -0.2) is 22.0 Å². The van der Waals surface area contributed by atoms with Crippen LogP contribution >= 0.6 is 0 Å². The first kappa shape index (κ1) is 19.8. The molecule has 6 heteroatoms. The lowest BCUT2D eigenvalue weighted by Crippen LogP contribution is -2.13. The summed E-state index contributed by atoms with van der Waals surface area (Å²) < 4.78 is 21.2. The number of esters is 1. The van der Waals surface area contributed by atoms with Crippen LogP contribution in [0.5, 0.6) is 0 Å². The van der Waals surface area contributed by atoms with Crippen LogP contribution < -0.4 is 5.73 Å². The Balaban J connectivity index is 1.99. The van der Waals surface area contributed by atoms with E-state index in [4.69, 9.17) is 15.5 Å². The van der Waals surface area contributed by atoms with Gasteiger partial charge in [0.2, 0.25) is 0 Å². The molecule has 0 atom stereocenters. The number of aromatic nitrogens is 2. The van der Waals surface area contributed by atoms with Crippen molar-refractivity contribution in [1.29, 1.82) is 0 Å². The zero-order valence-corrected chi connectivity index (χ0v) is 17.4. The van der Waals surface area contributed by atoms with Crippen LogP contribution in [0.3, 0.4) is 0 Å². The standard InChI is InChI=1S/C26H20FN3O2/c1-2-32-26(31)21-20-15-18(27)13-14-19(20)25-29-22(16-9-5-3-6-10-16)23(30(25)24(21)28)17-11-7-4-8-12-17/h3-15H,2,28H2,1H3. The van der Waals surface area contributed by atoms with Gasteiger partial charge in [-0.2, -0.15) is 0 Å². The predicted octanol–water partition coefficient (Wildman–Crippen LogP) is 5.72. The van der Waals surface area contributed by atoms with E-state index in [1.54, 1.807) is 17.4 Å². The Kier molecular flexibility index (Phi) is 4.82. The Bertz CT molecular complexity index is 1460. The van der Waals surface area contributed by atoms with Crippen molar-refractivity contribution in [3.05, 3.63) is 90.2 Å². The molecule has 0 saturated carbocycles. The summed E-state index contributed by atoms with van der Waals surface area (Å²) in [6.07, 6.45) is 0. The van der Waals surface area contributed by atoms with Crippen molar-refractivity contribution in [2.75, 3.05) is 12.3 Å². The van der Waals surface area contributed by atoms with Crippen molar-refractivity contribution < 1.29 is 13.9 Å². The summed E-state index contributed by atoms with van der Waals surface area (Å²) in [5.74, 6) is -0.911. The molecule has 5 rings (SSSR count). The molecule has 2 aromatic heterocycles. The normalized spacial score (nSPS) is 11.2. The Hall–Kier alpha value is -4.19. The van der Waals surface area contributed by atoms with Crippen LogP contribution in [0.15, 0.2) is 78.9 Å². The molecule has 0 spiro atoms. The SMILES string of the molecule is CCOC(=O)c1c(N)n2c(-c3ccccc3)c(-c3ccccc3)nc2c2ccc(F)cc12. The quantitative estimate of drug-likeness (QED) is 0.374. The molecule has 0 unspecified atom stereocenters. The zero-order chi connectivity index (χ0) is 22.2. The Morgan fingerprint density at radius 3 is 2.28 bits per heavy atom. The van der Waals surface area contributed by atoms with Gasteiger partial charge < -0.3 is 10.5 Å². The summed E-state index contributed by atoms with van der Waals surface area (Å²) in [5.41, 5.74) is 10.5. The number of hydrogen-bond donors (Lipinski definition) is 1. The van der Waals surface area contributed by atoms with Gasteiger partial charge in [0, 0.05) is 21.9 Å². The molecule has 2 heterocycles. The number of hydrogen-bond acceptors (Lipinski definition) is 4. The van der Waals surface area contributed by atoms with E-state index in [9.17, 15) is 9.18 Å². The number of anilines is 1. The number of fused-ring (bicyclic) bond motifs is 3. The number of nitrogens with zero attached hydrogens (tertiary/aromatic N) is 2. The molecule has 0 aliphatic heterocycles. The van der Waals surface area contributed by atoms with Crippen LogP contribution in [0.25, 0.3) is 38.9 Å². The van der Waals surface area contributed by atoms with Gasteiger partial charge >= 0.3 is 5.97 Å². The lowest BCUT2D eigenvalue weighted by atomic mass is 10.0. The lowest BCUT2D eigenvalue weighted by Gasteiger charge is -2.14. The lowest BCUT2D eigenvalue weighted by molar-refractivity contribution is 0.0529. The molecule has 0 amide bonds. The molecule has 158 valence electrons. The molecule has 0 aliphatic rings. The minimum absolute atomic E-state index is 0.128. The molecule has 5 nitrogen and oxygen atoms in total. The summed E-state index contributed by atoms with van der Waals surface area (Å²) in [7, 11) is 0. The van der Waals surface area contributed by atoms with Crippen LogP contribution in [0, 0.1) is 5.82 Å². The Labute approximate surface area is 183 Å². The number of ether oxygens (including phenoxy) is 1. The largest absolute Gasteiger partial charge is 0.462 e. The number of nitrogen functional groups attached to an aromatic ring is 1. The van der Waals surface area contributed by atoms with Gasteiger partial charge in [-0.05, 0) is 25.1 Å². The van der Waals surface area contributed by atoms with Crippen LogP contribution in [-0.2, 0) is 4.74 Å². The molecule has 0 saturated heterocycles. The van der Waals surface area contributed by atoms with Gasteiger partial charge in [0.25, 0.3) is 0 Å². The Morgan fingerprint density at radius 1 is 0.969 bits per heavy atom. The van der Waals surface area contributed by atoms with E-state index in [1.807, 2.05) is 60.7 Å². The molecule has 3 aromatic carbocycles. The highest BCUT2D eigenvalue weighted by Gasteiger charge is 2.25. The van der Waals surface area contributed by atoms with Gasteiger partial charge in [0.05, 0.1) is 18.0 Å². The molecular formula is C26H20FN3O2. The first-order valence-corrected chi connectivity index (χ1v) is 10.3. The molecule has 32 heavy (non-hydrogen) atoms. The third-order valence-corrected chi connectivity index (χ3v) is 5.44. The number of benzene rings is 3.